The van der Waals surface area contributed by atoms with Gasteiger partial charge in [-0.05, 0) is 36.4 Å². The molecule has 0 aliphatic heterocycles. The van der Waals surface area contributed by atoms with E-state index in [2.05, 4.69) is 27.8 Å². The molecule has 2 atom stereocenters. The van der Waals surface area contributed by atoms with Crippen LogP contribution in [0.5, 0.6) is 0 Å². The molecule has 0 fully saturated rings. The van der Waals surface area contributed by atoms with E-state index in [-0.39, 0.29) is 6.42 Å². The van der Waals surface area contributed by atoms with E-state index < -0.39 is 18.2 Å². The molecule has 0 radical (unpaired) electrons. The minimum absolute atomic E-state index is 0.109. The second-order valence-electron chi connectivity index (χ2n) is 4.31. The van der Waals surface area contributed by atoms with Crippen LogP contribution in [0.1, 0.15) is 32.1 Å². The topological polar surface area (TPSA) is 77.8 Å². The third kappa shape index (κ3) is 13.4. The van der Waals surface area contributed by atoms with Crippen LogP contribution in [0, 0.1) is 11.8 Å². The van der Waals surface area contributed by atoms with Crippen LogP contribution in [0.4, 0.5) is 0 Å². The number of carbonyl (C=O) groups is 1. The molecule has 0 spiro atoms. The van der Waals surface area contributed by atoms with Crippen LogP contribution in [-0.4, -0.2) is 33.5 Å². The number of unbranched alkanes of at least 4 members (excludes halogenated alkanes) is 1. The molecule has 0 aromatic carbocycles. The molecule has 0 bridgehead atoms. The molecule has 0 amide bonds. The molecule has 0 heterocycles. The van der Waals surface area contributed by atoms with Gasteiger partial charge in [0.15, 0.2) is 0 Å². The summed E-state index contributed by atoms with van der Waals surface area (Å²) in [5, 5.41) is 27.8. The molecule has 0 saturated heterocycles. The molecule has 0 saturated carbocycles. The minimum Gasteiger partial charge on any atom is -0.481 e. The van der Waals surface area contributed by atoms with Gasteiger partial charge in [-0.3, -0.25) is 4.79 Å². The predicted molar refractivity (Wildman–Crippen MR) is 86.9 cm³/mol. The quantitative estimate of drug-likeness (QED) is 0.337. The van der Waals surface area contributed by atoms with Crippen molar-refractivity contribution < 1.29 is 20.1 Å². The highest BCUT2D eigenvalue weighted by atomic mass is 79.9. The van der Waals surface area contributed by atoms with Gasteiger partial charge in [-0.1, -0.05) is 46.0 Å². The zero-order chi connectivity index (χ0) is 15.9. The standard InChI is InChI=1S/C16H21BrO4/c17-13-9-5-4-7-11-15(19)14(18)10-6-2-1-3-8-12-16(20)21/h4-6,9-10,13-15,18-19H,3,7-8,11-12H2,(H,20,21)/b5-4+,10-6+,13-9-/t14-,15-/m1/s1. The first-order chi connectivity index (χ1) is 10.1. The van der Waals surface area contributed by atoms with E-state index in [0.717, 1.165) is 0 Å². The number of hydrogen-bond donors (Lipinski definition) is 3. The lowest BCUT2D eigenvalue weighted by molar-refractivity contribution is -0.137. The van der Waals surface area contributed by atoms with Gasteiger partial charge in [0, 0.05) is 12.8 Å². The molecular weight excluding hydrogens is 336 g/mol. The summed E-state index contributed by atoms with van der Waals surface area (Å²) in [4.78, 5) is 12.0. The molecule has 21 heavy (non-hydrogen) atoms. The Labute approximate surface area is 134 Å². The summed E-state index contributed by atoms with van der Waals surface area (Å²) >= 11 is 3.14. The molecule has 0 aromatic rings. The van der Waals surface area contributed by atoms with Crippen molar-refractivity contribution in [2.75, 3.05) is 0 Å². The Kier molecular flexibility index (Phi) is 12.7. The SMILES string of the molecule is O=C(O)CCCC#C/C=C/[C@@H](O)[C@H](O)CC/C=C/C=C\Br. The molecule has 5 heteroatoms. The first-order valence-electron chi connectivity index (χ1n) is 6.72. The fourth-order valence-corrected chi connectivity index (χ4v) is 1.56. The van der Waals surface area contributed by atoms with Crippen LogP contribution < -0.4 is 0 Å². The first-order valence-corrected chi connectivity index (χ1v) is 7.64. The van der Waals surface area contributed by atoms with E-state index in [1.54, 1.807) is 4.99 Å². The van der Waals surface area contributed by atoms with E-state index in [4.69, 9.17) is 5.11 Å². The highest BCUT2D eigenvalue weighted by molar-refractivity contribution is 9.11. The molecule has 3 N–H and O–H groups in total. The smallest absolute Gasteiger partial charge is 0.303 e. The largest absolute Gasteiger partial charge is 0.481 e. The molecule has 0 rings (SSSR count). The maximum atomic E-state index is 10.3. The number of carboxylic acids is 1. The van der Waals surface area contributed by atoms with Gasteiger partial charge in [0.2, 0.25) is 0 Å². The lowest BCUT2D eigenvalue weighted by atomic mass is 10.1. The monoisotopic (exact) mass is 356 g/mol. The summed E-state index contributed by atoms with van der Waals surface area (Å²) in [5.74, 6) is 4.66. The van der Waals surface area contributed by atoms with Crippen molar-refractivity contribution in [3.63, 3.8) is 0 Å². The van der Waals surface area contributed by atoms with Crippen molar-refractivity contribution in [3.05, 3.63) is 35.4 Å². The van der Waals surface area contributed by atoms with Crippen molar-refractivity contribution in [2.24, 2.45) is 0 Å². The Bertz CT molecular complexity index is 429. The second-order valence-corrected chi connectivity index (χ2v) is 4.84. The third-order valence-electron chi connectivity index (χ3n) is 2.51. The summed E-state index contributed by atoms with van der Waals surface area (Å²) in [6, 6.07) is 0. The Morgan fingerprint density at radius 1 is 1.29 bits per heavy atom. The van der Waals surface area contributed by atoms with Crippen LogP contribution >= 0.6 is 15.9 Å². The van der Waals surface area contributed by atoms with Crippen LogP contribution in [0.2, 0.25) is 0 Å². The summed E-state index contributed by atoms with van der Waals surface area (Å²) in [7, 11) is 0. The Hall–Kier alpha value is -1.35. The Morgan fingerprint density at radius 2 is 2.05 bits per heavy atom. The average molecular weight is 357 g/mol. The van der Waals surface area contributed by atoms with Gasteiger partial charge in [0.05, 0.1) is 12.2 Å². The fraction of sp³-hybridized carbons (Fsp3) is 0.438. The summed E-state index contributed by atoms with van der Waals surface area (Å²) in [6.07, 6.45) is 8.99. The van der Waals surface area contributed by atoms with Crippen LogP contribution in [0.3, 0.4) is 0 Å². The van der Waals surface area contributed by atoms with Crippen molar-refractivity contribution in [1.29, 1.82) is 0 Å². The highest BCUT2D eigenvalue weighted by Crippen LogP contribution is 2.05. The maximum absolute atomic E-state index is 10.3. The number of aliphatic carboxylic acids is 1. The lowest BCUT2D eigenvalue weighted by Crippen LogP contribution is -2.23. The molecule has 4 nitrogen and oxygen atoms in total. The number of rotatable bonds is 9. The molecule has 116 valence electrons. The van der Waals surface area contributed by atoms with E-state index in [1.165, 1.54) is 12.2 Å². The summed E-state index contributed by atoms with van der Waals surface area (Å²) in [6.45, 7) is 0. The van der Waals surface area contributed by atoms with E-state index >= 15 is 0 Å². The van der Waals surface area contributed by atoms with Crippen molar-refractivity contribution in [3.8, 4) is 11.8 Å². The highest BCUT2D eigenvalue weighted by Gasteiger charge is 2.11. The number of aliphatic hydroxyl groups excluding tert-OH is 2. The normalized spacial score (nSPS) is 14.4. The van der Waals surface area contributed by atoms with Gasteiger partial charge in [-0.25, -0.2) is 0 Å². The van der Waals surface area contributed by atoms with Crippen molar-refractivity contribution in [1.82, 2.24) is 0 Å². The van der Waals surface area contributed by atoms with Gasteiger partial charge >= 0.3 is 5.97 Å². The number of halogens is 1. The van der Waals surface area contributed by atoms with Gasteiger partial charge in [-0.2, -0.15) is 0 Å². The van der Waals surface area contributed by atoms with Crippen LogP contribution in [0.25, 0.3) is 0 Å². The van der Waals surface area contributed by atoms with Gasteiger partial charge in [0.25, 0.3) is 0 Å². The van der Waals surface area contributed by atoms with Crippen molar-refractivity contribution >= 4 is 21.9 Å². The molecule has 0 aromatic heterocycles. The number of carboxylic acid groups (broad SMARTS) is 1. The fourth-order valence-electron chi connectivity index (χ4n) is 1.39. The zero-order valence-corrected chi connectivity index (χ0v) is 13.4. The number of hydrogen-bond acceptors (Lipinski definition) is 3. The van der Waals surface area contributed by atoms with Crippen LogP contribution in [-0.2, 0) is 4.79 Å². The second kappa shape index (κ2) is 13.6. The predicted octanol–water partition coefficient (Wildman–Crippen LogP) is 2.77. The minimum atomic E-state index is -0.946. The Balaban J connectivity index is 3.89. The summed E-state index contributed by atoms with van der Waals surface area (Å²) < 4.78 is 0. The number of aliphatic hydroxyl groups is 2. The van der Waals surface area contributed by atoms with Gasteiger partial charge in [-0.15, -0.1) is 0 Å². The van der Waals surface area contributed by atoms with Gasteiger partial charge in [0.1, 0.15) is 0 Å². The molecule has 0 aliphatic rings. The molecule has 0 aliphatic carbocycles. The number of allylic oxidation sites excluding steroid dienone is 4. The van der Waals surface area contributed by atoms with Crippen molar-refractivity contribution in [2.45, 2.75) is 44.3 Å². The summed E-state index contributed by atoms with van der Waals surface area (Å²) in [5.41, 5.74) is 0. The molecule has 0 unspecified atom stereocenters. The first kappa shape index (κ1) is 19.7. The van der Waals surface area contributed by atoms with Gasteiger partial charge < -0.3 is 15.3 Å². The van der Waals surface area contributed by atoms with Crippen LogP contribution in [0.15, 0.2) is 35.4 Å². The van der Waals surface area contributed by atoms with E-state index in [1.807, 2.05) is 18.2 Å². The maximum Gasteiger partial charge on any atom is 0.303 e. The average Bonchev–Trinajstić information content (AvgIpc) is 2.45. The zero-order valence-electron chi connectivity index (χ0n) is 11.8. The third-order valence-corrected chi connectivity index (χ3v) is 2.82. The Morgan fingerprint density at radius 3 is 2.71 bits per heavy atom. The lowest BCUT2D eigenvalue weighted by Gasteiger charge is -2.12. The molecular formula is C16H21BrO4. The van der Waals surface area contributed by atoms with E-state index in [0.29, 0.717) is 25.7 Å². The van der Waals surface area contributed by atoms with E-state index in [9.17, 15) is 15.0 Å².